The first-order valence-electron chi connectivity index (χ1n) is 7.89. The smallest absolute Gasteiger partial charge is 0.149 e. The largest absolute Gasteiger partial charge is 0.382 e. The molecule has 8 heteroatoms. The molecule has 0 saturated heterocycles. The van der Waals surface area contributed by atoms with Gasteiger partial charge in [-0.1, -0.05) is 12.1 Å². The number of aromatic nitrogens is 5. The summed E-state index contributed by atoms with van der Waals surface area (Å²) >= 11 is 0. The standard InChI is InChI=1S/C18H14N8/c19-8-13-17(20)23-11-24-18(13)22-10-16-25-14-5-1-2-6-15(14)26(16)12-4-3-7-21-9-12/h1-7,9,11H,10H2,(H3,20,22,23,24). The van der Waals surface area contributed by atoms with Gasteiger partial charge in [-0.2, -0.15) is 5.26 Å². The highest BCUT2D eigenvalue weighted by Crippen LogP contribution is 2.22. The number of pyridine rings is 1. The minimum Gasteiger partial charge on any atom is -0.382 e. The third-order valence-electron chi connectivity index (χ3n) is 3.94. The van der Waals surface area contributed by atoms with Crippen LogP contribution in [0.25, 0.3) is 16.7 Å². The van der Waals surface area contributed by atoms with Crippen LogP contribution in [0.5, 0.6) is 0 Å². The fourth-order valence-corrected chi connectivity index (χ4v) is 2.77. The highest BCUT2D eigenvalue weighted by molar-refractivity contribution is 5.78. The third kappa shape index (κ3) is 2.67. The zero-order valence-corrected chi connectivity index (χ0v) is 13.7. The average molecular weight is 342 g/mol. The van der Waals surface area contributed by atoms with Crippen molar-refractivity contribution in [2.45, 2.75) is 6.54 Å². The van der Waals surface area contributed by atoms with Crippen LogP contribution in [0.4, 0.5) is 11.6 Å². The molecule has 1 aromatic carbocycles. The lowest BCUT2D eigenvalue weighted by atomic mass is 10.3. The van der Waals surface area contributed by atoms with Gasteiger partial charge < -0.3 is 11.1 Å². The van der Waals surface area contributed by atoms with Gasteiger partial charge >= 0.3 is 0 Å². The van der Waals surface area contributed by atoms with Gasteiger partial charge in [-0.3, -0.25) is 9.55 Å². The van der Waals surface area contributed by atoms with E-state index in [2.05, 4.69) is 20.3 Å². The Balaban J connectivity index is 1.76. The van der Waals surface area contributed by atoms with Crippen LogP contribution in [0.15, 0.2) is 55.1 Å². The number of hydrogen-bond donors (Lipinski definition) is 2. The molecule has 126 valence electrons. The van der Waals surface area contributed by atoms with Gasteiger partial charge in [0.1, 0.15) is 35.4 Å². The summed E-state index contributed by atoms with van der Waals surface area (Å²) in [4.78, 5) is 16.8. The lowest BCUT2D eigenvalue weighted by molar-refractivity contribution is 0.904. The summed E-state index contributed by atoms with van der Waals surface area (Å²) in [5, 5.41) is 12.4. The molecule has 0 aliphatic heterocycles. The average Bonchev–Trinajstić information content (AvgIpc) is 3.05. The van der Waals surface area contributed by atoms with Crippen LogP contribution < -0.4 is 11.1 Å². The Morgan fingerprint density at radius 3 is 2.85 bits per heavy atom. The normalized spacial score (nSPS) is 10.6. The minimum absolute atomic E-state index is 0.144. The van der Waals surface area contributed by atoms with Crippen LogP contribution in [0, 0.1) is 11.3 Å². The molecule has 0 fully saturated rings. The first-order valence-corrected chi connectivity index (χ1v) is 7.89. The van der Waals surface area contributed by atoms with Gasteiger partial charge in [0.05, 0.1) is 29.5 Å². The second-order valence-electron chi connectivity index (χ2n) is 5.51. The molecule has 3 N–H and O–H groups in total. The summed E-state index contributed by atoms with van der Waals surface area (Å²) in [6, 6.07) is 13.7. The monoisotopic (exact) mass is 342 g/mol. The van der Waals surface area contributed by atoms with Crippen molar-refractivity contribution in [3.63, 3.8) is 0 Å². The lowest BCUT2D eigenvalue weighted by Gasteiger charge is -2.11. The quantitative estimate of drug-likeness (QED) is 0.584. The number of hydrogen-bond acceptors (Lipinski definition) is 7. The molecule has 0 aliphatic rings. The second kappa shape index (κ2) is 6.49. The van der Waals surface area contributed by atoms with Gasteiger partial charge in [0.25, 0.3) is 0 Å². The van der Waals surface area contributed by atoms with E-state index in [1.165, 1.54) is 6.33 Å². The highest BCUT2D eigenvalue weighted by Gasteiger charge is 2.14. The minimum atomic E-state index is 0.144. The summed E-state index contributed by atoms with van der Waals surface area (Å²) in [5.74, 6) is 1.29. The van der Waals surface area contributed by atoms with Crippen molar-refractivity contribution in [3.05, 3.63) is 66.5 Å². The lowest BCUT2D eigenvalue weighted by Crippen LogP contribution is -2.11. The van der Waals surface area contributed by atoms with Crippen molar-refractivity contribution in [2.24, 2.45) is 0 Å². The Kier molecular flexibility index (Phi) is 3.88. The number of anilines is 2. The number of nitrogens with zero attached hydrogens (tertiary/aromatic N) is 6. The van der Waals surface area contributed by atoms with E-state index in [0.29, 0.717) is 12.4 Å². The van der Waals surface area contributed by atoms with E-state index in [9.17, 15) is 5.26 Å². The SMILES string of the molecule is N#Cc1c(N)ncnc1NCc1nc2ccccc2n1-c1cccnc1. The van der Waals surface area contributed by atoms with Gasteiger partial charge in [0.15, 0.2) is 0 Å². The van der Waals surface area contributed by atoms with Gasteiger partial charge in [0, 0.05) is 6.20 Å². The van der Waals surface area contributed by atoms with Crippen LogP contribution in [0.3, 0.4) is 0 Å². The number of fused-ring (bicyclic) bond motifs is 1. The number of para-hydroxylation sites is 2. The molecular formula is C18H14N8. The Hall–Kier alpha value is -3.99. The van der Waals surface area contributed by atoms with Crippen LogP contribution in [0.2, 0.25) is 0 Å². The van der Waals surface area contributed by atoms with Gasteiger partial charge in [-0.15, -0.1) is 0 Å². The summed E-state index contributed by atoms with van der Waals surface area (Å²) in [7, 11) is 0. The second-order valence-corrected chi connectivity index (χ2v) is 5.51. The molecule has 0 spiro atoms. The number of rotatable bonds is 4. The van der Waals surface area contributed by atoms with Crippen molar-refractivity contribution in [3.8, 4) is 11.8 Å². The zero-order valence-electron chi connectivity index (χ0n) is 13.7. The molecule has 4 rings (SSSR count). The summed E-state index contributed by atoms with van der Waals surface area (Å²) < 4.78 is 2.02. The number of nitrogens with one attached hydrogen (secondary N) is 1. The first-order chi connectivity index (χ1) is 12.8. The van der Waals surface area contributed by atoms with Crippen LogP contribution in [-0.4, -0.2) is 24.5 Å². The van der Waals surface area contributed by atoms with E-state index < -0.39 is 0 Å². The predicted molar refractivity (Wildman–Crippen MR) is 97.4 cm³/mol. The van der Waals surface area contributed by atoms with Crippen molar-refractivity contribution in [1.29, 1.82) is 5.26 Å². The van der Waals surface area contributed by atoms with Crippen LogP contribution in [-0.2, 0) is 6.54 Å². The van der Waals surface area contributed by atoms with E-state index in [1.807, 2.05) is 47.0 Å². The molecule has 3 heterocycles. The van der Waals surface area contributed by atoms with E-state index in [1.54, 1.807) is 12.4 Å². The molecule has 26 heavy (non-hydrogen) atoms. The molecule has 8 nitrogen and oxygen atoms in total. The molecule has 0 aliphatic carbocycles. The third-order valence-corrected chi connectivity index (χ3v) is 3.94. The molecule has 0 radical (unpaired) electrons. The number of nitriles is 1. The number of imidazole rings is 1. The molecule has 0 atom stereocenters. The summed E-state index contributed by atoms with van der Waals surface area (Å²) in [6.45, 7) is 0.356. The maximum Gasteiger partial charge on any atom is 0.149 e. The number of benzene rings is 1. The topological polar surface area (TPSA) is 118 Å². The van der Waals surface area contributed by atoms with Gasteiger partial charge in [0.2, 0.25) is 0 Å². The Labute approximate surface area is 149 Å². The van der Waals surface area contributed by atoms with E-state index in [4.69, 9.17) is 10.7 Å². The molecule has 3 aromatic heterocycles. The van der Waals surface area contributed by atoms with Crippen molar-refractivity contribution in [1.82, 2.24) is 24.5 Å². The first kappa shape index (κ1) is 15.5. The van der Waals surface area contributed by atoms with E-state index >= 15 is 0 Å². The van der Waals surface area contributed by atoms with Gasteiger partial charge in [-0.25, -0.2) is 15.0 Å². The van der Waals surface area contributed by atoms with E-state index in [0.717, 1.165) is 22.5 Å². The fraction of sp³-hybridized carbons (Fsp3) is 0.0556. The molecule has 0 unspecified atom stereocenters. The van der Waals surface area contributed by atoms with Crippen molar-refractivity contribution in [2.75, 3.05) is 11.1 Å². The Morgan fingerprint density at radius 1 is 1.15 bits per heavy atom. The summed E-state index contributed by atoms with van der Waals surface area (Å²) in [6.07, 6.45) is 4.83. The highest BCUT2D eigenvalue weighted by atomic mass is 15.1. The summed E-state index contributed by atoms with van der Waals surface area (Å²) in [5.41, 5.74) is 8.71. The van der Waals surface area contributed by atoms with E-state index in [-0.39, 0.29) is 11.4 Å². The van der Waals surface area contributed by atoms with Crippen LogP contribution in [0.1, 0.15) is 11.4 Å². The fourth-order valence-electron chi connectivity index (χ4n) is 2.77. The predicted octanol–water partition coefficient (Wildman–Crippen LogP) is 2.28. The Morgan fingerprint density at radius 2 is 2.04 bits per heavy atom. The molecule has 0 bridgehead atoms. The molecular weight excluding hydrogens is 328 g/mol. The molecule has 4 aromatic rings. The molecule has 0 amide bonds. The Bertz CT molecular complexity index is 1110. The number of nitrogens with two attached hydrogens (primary N) is 1. The maximum atomic E-state index is 9.26. The van der Waals surface area contributed by atoms with Crippen molar-refractivity contribution >= 4 is 22.7 Å². The van der Waals surface area contributed by atoms with Gasteiger partial charge in [-0.05, 0) is 24.3 Å². The zero-order chi connectivity index (χ0) is 17.9. The maximum absolute atomic E-state index is 9.26. The van der Waals surface area contributed by atoms with Crippen LogP contribution >= 0.6 is 0 Å². The van der Waals surface area contributed by atoms with Crippen molar-refractivity contribution < 1.29 is 0 Å². The molecule has 0 saturated carbocycles. The number of nitrogen functional groups attached to an aromatic ring is 1.